The average Bonchev–Trinajstić information content (AvgIpc) is 3.33. The third-order valence-electron chi connectivity index (χ3n) is 7.17. The SMILES string of the molecule is CCN1CCN(C(=O)c2nc3ccc(C4CCN(Cc5ccc(OC)nc5)CC4)cc3s2)CC1. The van der Waals surface area contributed by atoms with Gasteiger partial charge in [-0.15, -0.1) is 11.3 Å². The zero-order valence-corrected chi connectivity index (χ0v) is 20.9. The molecule has 2 aliphatic rings. The van der Waals surface area contributed by atoms with Crippen LogP contribution < -0.4 is 4.74 Å². The van der Waals surface area contributed by atoms with E-state index in [1.807, 2.05) is 17.2 Å². The first-order valence-corrected chi connectivity index (χ1v) is 13.1. The zero-order valence-electron chi connectivity index (χ0n) is 20.1. The molecule has 2 fully saturated rings. The van der Waals surface area contributed by atoms with E-state index in [0.717, 1.165) is 75.4 Å². The van der Waals surface area contributed by atoms with Crippen LogP contribution in [-0.4, -0.2) is 83.5 Å². The Hall–Kier alpha value is -2.55. The van der Waals surface area contributed by atoms with Crippen LogP contribution in [0.5, 0.6) is 5.88 Å². The highest BCUT2D eigenvalue weighted by molar-refractivity contribution is 7.20. The fourth-order valence-electron chi connectivity index (χ4n) is 5.00. The normalized spacial score (nSPS) is 18.5. The van der Waals surface area contributed by atoms with E-state index in [0.29, 0.717) is 16.8 Å². The predicted molar refractivity (Wildman–Crippen MR) is 136 cm³/mol. The van der Waals surface area contributed by atoms with Gasteiger partial charge in [-0.3, -0.25) is 9.69 Å². The van der Waals surface area contributed by atoms with Crippen LogP contribution in [0.2, 0.25) is 0 Å². The number of likely N-dealkylation sites (tertiary alicyclic amines) is 1. The Morgan fingerprint density at radius 3 is 2.53 bits per heavy atom. The number of methoxy groups -OCH3 is 1. The summed E-state index contributed by atoms with van der Waals surface area (Å²) < 4.78 is 6.28. The number of pyridine rings is 1. The van der Waals surface area contributed by atoms with Gasteiger partial charge in [0.15, 0.2) is 5.01 Å². The minimum Gasteiger partial charge on any atom is -0.481 e. The molecule has 8 heteroatoms. The lowest BCUT2D eigenvalue weighted by Gasteiger charge is -2.33. The molecule has 2 saturated heterocycles. The largest absolute Gasteiger partial charge is 0.481 e. The summed E-state index contributed by atoms with van der Waals surface area (Å²) in [4.78, 5) is 28.8. The zero-order chi connectivity index (χ0) is 23.5. The Bertz CT molecular complexity index is 1120. The summed E-state index contributed by atoms with van der Waals surface area (Å²) >= 11 is 1.55. The summed E-state index contributed by atoms with van der Waals surface area (Å²) in [6.07, 6.45) is 4.19. The van der Waals surface area contributed by atoms with Gasteiger partial charge in [0.1, 0.15) is 0 Å². The highest BCUT2D eigenvalue weighted by Crippen LogP contribution is 2.33. The van der Waals surface area contributed by atoms with E-state index in [-0.39, 0.29) is 5.91 Å². The van der Waals surface area contributed by atoms with Crippen molar-refractivity contribution in [1.29, 1.82) is 0 Å². The molecule has 0 atom stereocenters. The number of benzene rings is 1. The van der Waals surface area contributed by atoms with Gasteiger partial charge in [0.05, 0.1) is 17.3 Å². The molecule has 2 aliphatic heterocycles. The fourth-order valence-corrected chi connectivity index (χ4v) is 5.98. The fraction of sp³-hybridized carbons (Fsp3) is 0.500. The number of piperazine rings is 1. The van der Waals surface area contributed by atoms with Crippen molar-refractivity contribution in [2.45, 2.75) is 32.2 Å². The summed E-state index contributed by atoms with van der Waals surface area (Å²) in [5.41, 5.74) is 3.53. The third-order valence-corrected chi connectivity index (χ3v) is 8.18. The van der Waals surface area contributed by atoms with Crippen LogP contribution in [-0.2, 0) is 6.54 Å². The van der Waals surface area contributed by atoms with Crippen molar-refractivity contribution < 1.29 is 9.53 Å². The van der Waals surface area contributed by atoms with Crippen LogP contribution in [0.3, 0.4) is 0 Å². The molecule has 0 saturated carbocycles. The molecule has 2 aromatic heterocycles. The van der Waals surface area contributed by atoms with Gasteiger partial charge in [0.2, 0.25) is 5.88 Å². The number of fused-ring (bicyclic) bond motifs is 1. The number of thiazole rings is 1. The number of nitrogens with zero attached hydrogens (tertiary/aromatic N) is 5. The topological polar surface area (TPSA) is 61.8 Å². The second kappa shape index (κ2) is 10.4. The van der Waals surface area contributed by atoms with Crippen molar-refractivity contribution in [1.82, 2.24) is 24.7 Å². The number of hydrogen-bond acceptors (Lipinski definition) is 7. The van der Waals surface area contributed by atoms with Gasteiger partial charge in [0, 0.05) is 45.0 Å². The van der Waals surface area contributed by atoms with Crippen LogP contribution in [0.4, 0.5) is 0 Å². The number of ether oxygens (including phenoxy) is 1. The van der Waals surface area contributed by atoms with Gasteiger partial charge >= 0.3 is 0 Å². The molecule has 3 aromatic rings. The van der Waals surface area contributed by atoms with Crippen LogP contribution in [0.15, 0.2) is 36.5 Å². The molecule has 0 aliphatic carbocycles. The molecule has 5 rings (SSSR count). The van der Waals surface area contributed by atoms with E-state index in [4.69, 9.17) is 4.74 Å². The van der Waals surface area contributed by atoms with Gasteiger partial charge in [-0.25, -0.2) is 9.97 Å². The van der Waals surface area contributed by atoms with Crippen molar-refractivity contribution in [2.75, 3.05) is 52.9 Å². The molecule has 180 valence electrons. The number of piperidine rings is 1. The van der Waals surface area contributed by atoms with E-state index in [2.05, 4.69) is 51.0 Å². The molecule has 7 nitrogen and oxygen atoms in total. The standard InChI is InChI=1S/C26H33N5O2S/c1-3-29-12-14-31(15-13-29)26(32)25-28-22-6-5-21(16-23(22)34-25)20-8-10-30(11-9-20)18-19-4-7-24(33-2)27-17-19/h4-7,16-17,20H,3,8-15,18H2,1-2H3. The van der Waals surface area contributed by atoms with Crippen LogP contribution in [0.1, 0.15) is 46.6 Å². The Kier molecular flexibility index (Phi) is 7.08. The molecule has 0 spiro atoms. The van der Waals surface area contributed by atoms with Crippen LogP contribution in [0, 0.1) is 0 Å². The first-order valence-electron chi connectivity index (χ1n) is 12.3. The second-order valence-corrected chi connectivity index (χ2v) is 10.3. The summed E-state index contributed by atoms with van der Waals surface area (Å²) in [7, 11) is 1.64. The molecule has 0 unspecified atom stereocenters. The molecule has 0 radical (unpaired) electrons. The maximum Gasteiger partial charge on any atom is 0.282 e. The van der Waals surface area contributed by atoms with Crippen LogP contribution in [0.25, 0.3) is 10.2 Å². The second-order valence-electron chi connectivity index (χ2n) is 9.23. The number of amides is 1. The lowest BCUT2D eigenvalue weighted by Crippen LogP contribution is -2.48. The van der Waals surface area contributed by atoms with E-state index in [1.54, 1.807) is 18.4 Å². The highest BCUT2D eigenvalue weighted by Gasteiger charge is 2.25. The van der Waals surface area contributed by atoms with Crippen molar-refractivity contribution in [2.24, 2.45) is 0 Å². The number of aromatic nitrogens is 2. The maximum atomic E-state index is 13.0. The predicted octanol–water partition coefficient (Wildman–Crippen LogP) is 3.86. The number of carbonyl (C=O) groups excluding carboxylic acids is 1. The maximum absolute atomic E-state index is 13.0. The first kappa shape index (κ1) is 23.2. The Morgan fingerprint density at radius 2 is 1.85 bits per heavy atom. The summed E-state index contributed by atoms with van der Waals surface area (Å²) in [6.45, 7) is 9.77. The van der Waals surface area contributed by atoms with Crippen molar-refractivity contribution in [3.8, 4) is 5.88 Å². The molecular formula is C26H33N5O2S. The van der Waals surface area contributed by atoms with E-state index >= 15 is 0 Å². The molecule has 1 aromatic carbocycles. The number of hydrogen-bond donors (Lipinski definition) is 0. The van der Waals surface area contributed by atoms with E-state index in [1.165, 1.54) is 11.1 Å². The quantitative estimate of drug-likeness (QED) is 0.535. The van der Waals surface area contributed by atoms with Crippen LogP contribution >= 0.6 is 11.3 Å². The summed E-state index contributed by atoms with van der Waals surface area (Å²) in [5.74, 6) is 1.29. The minimum atomic E-state index is 0.0832. The monoisotopic (exact) mass is 479 g/mol. The van der Waals surface area contributed by atoms with Gasteiger partial charge in [0.25, 0.3) is 5.91 Å². The minimum absolute atomic E-state index is 0.0832. The molecule has 0 bridgehead atoms. The molecule has 34 heavy (non-hydrogen) atoms. The van der Waals surface area contributed by atoms with Gasteiger partial charge in [-0.1, -0.05) is 19.1 Å². The Labute approximate surface area is 205 Å². The highest BCUT2D eigenvalue weighted by atomic mass is 32.1. The third kappa shape index (κ3) is 5.09. The Morgan fingerprint density at radius 1 is 1.06 bits per heavy atom. The number of likely N-dealkylation sites (N-methyl/N-ethyl adjacent to an activating group) is 1. The summed E-state index contributed by atoms with van der Waals surface area (Å²) in [5, 5.41) is 0.625. The van der Waals surface area contributed by atoms with Gasteiger partial charge in [-0.05, 0) is 61.7 Å². The Balaban J connectivity index is 1.20. The van der Waals surface area contributed by atoms with Gasteiger partial charge < -0.3 is 14.5 Å². The van der Waals surface area contributed by atoms with Crippen molar-refractivity contribution in [3.63, 3.8) is 0 Å². The number of carbonyl (C=O) groups is 1. The average molecular weight is 480 g/mol. The van der Waals surface area contributed by atoms with Crippen molar-refractivity contribution >= 4 is 27.5 Å². The van der Waals surface area contributed by atoms with Crippen molar-refractivity contribution in [3.05, 3.63) is 52.7 Å². The number of rotatable bonds is 6. The first-order chi connectivity index (χ1) is 16.6. The lowest BCUT2D eigenvalue weighted by atomic mass is 9.89. The smallest absolute Gasteiger partial charge is 0.282 e. The summed E-state index contributed by atoms with van der Waals surface area (Å²) in [6, 6.07) is 10.6. The molecule has 0 N–H and O–H groups in total. The lowest BCUT2D eigenvalue weighted by molar-refractivity contribution is 0.0643. The van der Waals surface area contributed by atoms with Gasteiger partial charge in [-0.2, -0.15) is 0 Å². The molecular weight excluding hydrogens is 446 g/mol. The van der Waals surface area contributed by atoms with E-state index < -0.39 is 0 Å². The molecule has 4 heterocycles. The van der Waals surface area contributed by atoms with E-state index in [9.17, 15) is 4.79 Å². The molecule has 1 amide bonds.